The molecule has 5 heavy (non-hydrogen) atoms. The monoisotopic (exact) mass is 139 g/mol. The molecule has 0 heterocycles. The summed E-state index contributed by atoms with van der Waals surface area (Å²) in [5.74, 6) is 0. The molecular formula is CuF4. The van der Waals surface area contributed by atoms with Crippen LogP contribution in [0.2, 0.25) is 0 Å². The smallest absolute Gasteiger partial charge is 1.00 e. The Balaban J connectivity index is 0. The van der Waals surface area contributed by atoms with Crippen LogP contribution in [-0.2, 0) is 17.1 Å². The predicted octanol–water partition coefficient (Wildman–Crippen LogP) is -12.0. The van der Waals surface area contributed by atoms with E-state index in [1.807, 2.05) is 0 Å². The van der Waals surface area contributed by atoms with E-state index in [1.54, 1.807) is 0 Å². The van der Waals surface area contributed by atoms with Crippen LogP contribution in [0, 0.1) is 0 Å². The quantitative estimate of drug-likeness (QED) is 0.231. The molecule has 0 amide bonds. The van der Waals surface area contributed by atoms with E-state index in [4.69, 9.17) is 0 Å². The first kappa shape index (κ1) is 1640. The first-order valence-electron chi connectivity index (χ1n) is 0. The van der Waals surface area contributed by atoms with Gasteiger partial charge in [0.25, 0.3) is 0 Å². The van der Waals surface area contributed by atoms with Crippen molar-refractivity contribution in [2.45, 2.75) is 0 Å². The Hall–Kier alpha value is 0.239. The van der Waals surface area contributed by atoms with Gasteiger partial charge in [-0.2, -0.15) is 0 Å². The zero-order valence-corrected chi connectivity index (χ0v) is 2.76. The van der Waals surface area contributed by atoms with Gasteiger partial charge in [-0.3, -0.25) is 0 Å². The normalized spacial score (nSPS) is 0. The first-order valence-corrected chi connectivity index (χ1v) is 0. The second-order valence-electron chi connectivity index (χ2n) is 0. The molecule has 0 fully saturated rings. The number of rotatable bonds is 0. The standard InChI is InChI=1S/Cu.4FH/h;4*1H/q+4;;;;/p-4. The molecule has 0 aromatic rings. The fourth-order valence-electron chi connectivity index (χ4n) is 0. The molecule has 0 saturated carbocycles. The molecule has 0 rings (SSSR count). The van der Waals surface area contributed by atoms with Gasteiger partial charge in [0.15, 0.2) is 0 Å². The number of hydrogen-bond acceptors (Lipinski definition) is 0. The van der Waals surface area contributed by atoms with Gasteiger partial charge in [0, 0.05) is 0 Å². The van der Waals surface area contributed by atoms with Crippen molar-refractivity contribution in [2.24, 2.45) is 0 Å². The summed E-state index contributed by atoms with van der Waals surface area (Å²) in [6, 6.07) is 0. The Labute approximate surface area is 36.9 Å². The zero-order chi connectivity index (χ0) is 0. The third kappa shape index (κ3) is 371. The summed E-state index contributed by atoms with van der Waals surface area (Å²) >= 11 is 0. The minimum atomic E-state index is 0. The molecule has 0 unspecified atom stereocenters. The van der Waals surface area contributed by atoms with Crippen molar-refractivity contribution >= 4 is 0 Å². The fraction of sp³-hybridized carbons (Fsp3) is 0. The summed E-state index contributed by atoms with van der Waals surface area (Å²) in [7, 11) is 0. The van der Waals surface area contributed by atoms with Crippen molar-refractivity contribution in [3.63, 3.8) is 0 Å². The van der Waals surface area contributed by atoms with Gasteiger partial charge >= 0.3 is 17.1 Å². The Bertz CT molecular complexity index is 3.61. The average Bonchev–Trinajstić information content (AvgIpc) is 0. The summed E-state index contributed by atoms with van der Waals surface area (Å²) in [6.45, 7) is 0. The summed E-state index contributed by atoms with van der Waals surface area (Å²) in [6.07, 6.45) is 0. The Kier molecular flexibility index (Phi) is 255000. The van der Waals surface area contributed by atoms with E-state index in [0.29, 0.717) is 0 Å². The van der Waals surface area contributed by atoms with E-state index in [-0.39, 0.29) is 35.9 Å². The molecule has 0 spiro atoms. The minimum absolute atomic E-state index is 0. The van der Waals surface area contributed by atoms with Crippen molar-refractivity contribution in [2.75, 3.05) is 0 Å². The molecule has 0 bridgehead atoms. The van der Waals surface area contributed by atoms with Crippen LogP contribution in [0.5, 0.6) is 0 Å². The van der Waals surface area contributed by atoms with Crippen molar-refractivity contribution in [1.29, 1.82) is 0 Å². The van der Waals surface area contributed by atoms with Gasteiger partial charge in [-0.05, 0) is 0 Å². The summed E-state index contributed by atoms with van der Waals surface area (Å²) < 4.78 is 0. The molecular weight excluding hydrogens is 140 g/mol. The maximum absolute atomic E-state index is 0. The van der Waals surface area contributed by atoms with Crippen LogP contribution in [0.3, 0.4) is 0 Å². The molecule has 0 atom stereocenters. The summed E-state index contributed by atoms with van der Waals surface area (Å²) in [4.78, 5) is 0. The van der Waals surface area contributed by atoms with Crippen LogP contribution < -0.4 is 18.8 Å². The topological polar surface area (TPSA) is 0 Å². The summed E-state index contributed by atoms with van der Waals surface area (Å²) in [5, 5.41) is 0. The van der Waals surface area contributed by atoms with Gasteiger partial charge < -0.3 is 18.8 Å². The van der Waals surface area contributed by atoms with Crippen LogP contribution in [-0.4, -0.2) is 0 Å². The number of halogens is 4. The fourth-order valence-corrected chi connectivity index (χ4v) is 0. The molecule has 1 radical (unpaired) electrons. The van der Waals surface area contributed by atoms with Crippen molar-refractivity contribution in [3.05, 3.63) is 0 Å². The van der Waals surface area contributed by atoms with Crippen LogP contribution in [0.25, 0.3) is 0 Å². The largest absolute Gasteiger partial charge is 4.00 e. The van der Waals surface area contributed by atoms with Crippen LogP contribution in [0.15, 0.2) is 0 Å². The molecule has 0 aliphatic rings. The van der Waals surface area contributed by atoms with Gasteiger partial charge in [0.1, 0.15) is 0 Å². The van der Waals surface area contributed by atoms with Gasteiger partial charge in [-0.15, -0.1) is 0 Å². The van der Waals surface area contributed by atoms with Crippen LogP contribution in [0.1, 0.15) is 0 Å². The van der Waals surface area contributed by atoms with Crippen molar-refractivity contribution in [3.8, 4) is 0 Å². The molecule has 0 aliphatic carbocycles. The van der Waals surface area contributed by atoms with Gasteiger partial charge in [-0.25, -0.2) is 0 Å². The molecule has 5 heteroatoms. The molecule has 39 valence electrons. The molecule has 0 aromatic carbocycles. The maximum Gasteiger partial charge on any atom is 4.00 e. The Morgan fingerprint density at radius 1 is 0.400 bits per heavy atom. The van der Waals surface area contributed by atoms with Gasteiger partial charge in [-0.1, -0.05) is 0 Å². The summed E-state index contributed by atoms with van der Waals surface area (Å²) in [5.41, 5.74) is 0. The third-order valence-electron chi connectivity index (χ3n) is 0. The van der Waals surface area contributed by atoms with E-state index in [2.05, 4.69) is 0 Å². The van der Waals surface area contributed by atoms with E-state index >= 15 is 0 Å². The van der Waals surface area contributed by atoms with Crippen molar-refractivity contribution < 1.29 is 35.9 Å². The molecule has 0 aromatic heterocycles. The van der Waals surface area contributed by atoms with E-state index < -0.39 is 0 Å². The second kappa shape index (κ2) is 776. The average molecular weight is 140 g/mol. The zero-order valence-electron chi connectivity index (χ0n) is 1.81. The molecule has 0 saturated heterocycles. The van der Waals surface area contributed by atoms with Crippen molar-refractivity contribution in [1.82, 2.24) is 0 Å². The van der Waals surface area contributed by atoms with Crippen LogP contribution in [0.4, 0.5) is 0 Å². The Morgan fingerprint density at radius 3 is 0.400 bits per heavy atom. The van der Waals surface area contributed by atoms with E-state index in [9.17, 15) is 0 Å². The molecule has 0 N–H and O–H groups in total. The first-order chi connectivity index (χ1) is 0. The minimum Gasteiger partial charge on any atom is -1.00 e. The van der Waals surface area contributed by atoms with E-state index in [1.165, 1.54) is 0 Å². The molecule has 0 aliphatic heterocycles. The van der Waals surface area contributed by atoms with Gasteiger partial charge in [0.05, 0.1) is 0 Å². The van der Waals surface area contributed by atoms with E-state index in [0.717, 1.165) is 0 Å². The maximum atomic E-state index is 0. The molecule has 0 nitrogen and oxygen atoms in total. The number of hydrogen-bond donors (Lipinski definition) is 0. The predicted molar refractivity (Wildman–Crippen MR) is 0 cm³/mol. The SMILES string of the molecule is [Cu+4].[F-].[F-].[F-].[F-]. The Morgan fingerprint density at radius 2 is 0.400 bits per heavy atom. The third-order valence-corrected chi connectivity index (χ3v) is 0. The van der Waals surface area contributed by atoms with Gasteiger partial charge in [0.2, 0.25) is 0 Å². The van der Waals surface area contributed by atoms with Crippen LogP contribution >= 0.6 is 0 Å². The second-order valence-corrected chi connectivity index (χ2v) is 0.